The first-order valence-electron chi connectivity index (χ1n) is 7.68. The number of aromatic nitrogens is 1. The van der Waals surface area contributed by atoms with Crippen molar-refractivity contribution in [3.8, 4) is 0 Å². The van der Waals surface area contributed by atoms with E-state index in [1.807, 2.05) is 19.2 Å². The van der Waals surface area contributed by atoms with Gasteiger partial charge in [0.2, 0.25) is 0 Å². The number of ketones is 1. The summed E-state index contributed by atoms with van der Waals surface area (Å²) in [7, 11) is 1.74. The number of rotatable bonds is 7. The maximum atomic E-state index is 12.1. The van der Waals surface area contributed by atoms with Crippen LogP contribution in [0, 0.1) is 5.92 Å². The minimum absolute atomic E-state index is 0.0159. The Morgan fingerprint density at radius 1 is 1.32 bits per heavy atom. The maximum absolute atomic E-state index is 12.1. The largest absolute Gasteiger partial charge is 0.328 e. The maximum Gasteiger partial charge on any atom is 0.317 e. The number of Topliss-reactive ketones (excluding diaryl/α,β-unsaturated/α-hetero) is 1. The molecule has 2 amide bonds. The van der Waals surface area contributed by atoms with E-state index in [1.165, 1.54) is 6.92 Å². The van der Waals surface area contributed by atoms with Gasteiger partial charge in [-0.1, -0.05) is 27.7 Å². The van der Waals surface area contributed by atoms with Crippen LogP contribution in [0.2, 0.25) is 0 Å². The Kier molecular flexibility index (Phi) is 7.00. The van der Waals surface area contributed by atoms with Gasteiger partial charge in [0, 0.05) is 31.3 Å². The van der Waals surface area contributed by atoms with Crippen LogP contribution in [0.5, 0.6) is 0 Å². The zero-order valence-corrected chi connectivity index (χ0v) is 15.2. The van der Waals surface area contributed by atoms with E-state index in [9.17, 15) is 9.59 Å². The molecule has 5 nitrogen and oxygen atoms in total. The number of hydrogen-bond acceptors (Lipinski definition) is 4. The van der Waals surface area contributed by atoms with Crippen molar-refractivity contribution in [1.82, 2.24) is 15.2 Å². The topological polar surface area (TPSA) is 62.3 Å². The molecule has 0 radical (unpaired) electrons. The van der Waals surface area contributed by atoms with Gasteiger partial charge in [0.25, 0.3) is 0 Å². The third-order valence-corrected chi connectivity index (χ3v) is 4.69. The minimum atomic E-state index is -0.429. The molecule has 124 valence electrons. The second kappa shape index (κ2) is 8.27. The van der Waals surface area contributed by atoms with Crippen LogP contribution < -0.4 is 5.32 Å². The second-order valence-electron chi connectivity index (χ2n) is 6.29. The predicted octanol–water partition coefficient (Wildman–Crippen LogP) is 3.06. The Labute approximate surface area is 137 Å². The van der Waals surface area contributed by atoms with E-state index in [-0.39, 0.29) is 17.7 Å². The van der Waals surface area contributed by atoms with E-state index in [4.69, 9.17) is 0 Å². The number of thiazole rings is 1. The number of hydrogen-bond donors (Lipinski definition) is 1. The van der Waals surface area contributed by atoms with Gasteiger partial charge in [0.05, 0.1) is 16.7 Å². The van der Waals surface area contributed by atoms with Gasteiger partial charge in [-0.25, -0.2) is 9.78 Å². The number of carbonyl (C=O) groups excluding carboxylic acids is 2. The number of amides is 2. The molecule has 6 heteroatoms. The third-order valence-electron chi connectivity index (χ3n) is 3.50. The van der Waals surface area contributed by atoms with Gasteiger partial charge in [0.1, 0.15) is 0 Å². The lowest BCUT2D eigenvalue weighted by molar-refractivity contribution is -0.119. The van der Waals surface area contributed by atoms with E-state index in [1.54, 1.807) is 23.3 Å². The van der Waals surface area contributed by atoms with Crippen molar-refractivity contribution in [2.45, 2.75) is 53.0 Å². The van der Waals surface area contributed by atoms with Crippen LogP contribution in [-0.2, 0) is 11.2 Å². The average molecular weight is 325 g/mol. The molecule has 0 aliphatic heterocycles. The molecule has 0 saturated heterocycles. The highest BCUT2D eigenvalue weighted by Crippen LogP contribution is 2.19. The summed E-state index contributed by atoms with van der Waals surface area (Å²) in [6.45, 7) is 10.2. The van der Waals surface area contributed by atoms with E-state index >= 15 is 0 Å². The molecule has 1 atom stereocenters. The predicted molar refractivity (Wildman–Crippen MR) is 90.4 cm³/mol. The molecule has 0 aromatic carbocycles. The van der Waals surface area contributed by atoms with Crippen LogP contribution in [-0.4, -0.2) is 41.3 Å². The van der Waals surface area contributed by atoms with Crippen molar-refractivity contribution in [3.05, 3.63) is 16.1 Å². The van der Waals surface area contributed by atoms with E-state index in [2.05, 4.69) is 24.1 Å². The van der Waals surface area contributed by atoms with Crippen molar-refractivity contribution >= 4 is 23.2 Å². The highest BCUT2D eigenvalue weighted by atomic mass is 32.1. The fourth-order valence-corrected chi connectivity index (χ4v) is 2.94. The highest BCUT2D eigenvalue weighted by Gasteiger charge is 2.22. The molecule has 0 aliphatic rings. The zero-order valence-electron chi connectivity index (χ0n) is 14.3. The first-order chi connectivity index (χ1) is 10.2. The Balaban J connectivity index is 2.51. The molecule has 0 saturated carbocycles. The van der Waals surface area contributed by atoms with Gasteiger partial charge >= 0.3 is 6.03 Å². The van der Waals surface area contributed by atoms with Gasteiger partial charge in [0.15, 0.2) is 5.78 Å². The number of nitrogens with zero attached hydrogens (tertiary/aromatic N) is 2. The van der Waals surface area contributed by atoms with Gasteiger partial charge in [-0.3, -0.25) is 4.79 Å². The monoisotopic (exact) mass is 325 g/mol. The summed E-state index contributed by atoms with van der Waals surface area (Å²) in [5, 5.41) is 5.97. The van der Waals surface area contributed by atoms with Crippen molar-refractivity contribution in [2.75, 3.05) is 13.6 Å². The molecule has 0 bridgehead atoms. The van der Waals surface area contributed by atoms with Crippen molar-refractivity contribution < 1.29 is 9.59 Å². The summed E-state index contributed by atoms with van der Waals surface area (Å²) >= 11 is 1.66. The highest BCUT2D eigenvalue weighted by molar-refractivity contribution is 7.09. The van der Waals surface area contributed by atoms with E-state index < -0.39 is 6.04 Å². The van der Waals surface area contributed by atoms with Gasteiger partial charge < -0.3 is 10.2 Å². The fourth-order valence-electron chi connectivity index (χ4n) is 2.07. The van der Waals surface area contributed by atoms with Crippen LogP contribution in [0.3, 0.4) is 0 Å². The number of likely N-dealkylation sites (N-methyl/N-ethyl adjacent to an activating group) is 1. The normalized spacial score (nSPS) is 12.5. The summed E-state index contributed by atoms with van der Waals surface area (Å²) < 4.78 is 0. The number of urea groups is 1. The Hall–Kier alpha value is -1.43. The summed E-state index contributed by atoms with van der Waals surface area (Å²) in [4.78, 5) is 29.9. The first kappa shape index (κ1) is 18.6. The van der Waals surface area contributed by atoms with E-state index in [0.29, 0.717) is 12.5 Å². The molecule has 1 heterocycles. The molecule has 22 heavy (non-hydrogen) atoms. The lowest BCUT2D eigenvalue weighted by Crippen LogP contribution is -2.48. The molecule has 0 fully saturated rings. The van der Waals surface area contributed by atoms with Crippen molar-refractivity contribution in [1.29, 1.82) is 0 Å². The van der Waals surface area contributed by atoms with E-state index in [0.717, 1.165) is 17.1 Å². The molecule has 1 aromatic rings. The molecule has 0 aliphatic carbocycles. The Bertz CT molecular complexity index is 511. The van der Waals surface area contributed by atoms with Gasteiger partial charge in [-0.05, 0) is 12.8 Å². The smallest absolute Gasteiger partial charge is 0.317 e. The lowest BCUT2D eigenvalue weighted by Gasteiger charge is -2.24. The standard InChI is InChI=1S/C16H27N3O2S/c1-10(2)14(12(5)20)18-16(21)19(6)8-7-13-9-22-15(17-13)11(3)4/h9-11,14H,7-8H2,1-6H3,(H,18,21). The summed E-state index contributed by atoms with van der Waals surface area (Å²) in [6, 6.07) is -0.644. The number of nitrogens with one attached hydrogen (secondary N) is 1. The first-order valence-corrected chi connectivity index (χ1v) is 8.56. The number of carbonyl (C=O) groups is 2. The summed E-state index contributed by atoms with van der Waals surface area (Å²) in [5.74, 6) is 0.502. The lowest BCUT2D eigenvalue weighted by atomic mass is 10.0. The Morgan fingerprint density at radius 3 is 2.41 bits per heavy atom. The molecular weight excluding hydrogens is 298 g/mol. The quantitative estimate of drug-likeness (QED) is 0.838. The van der Waals surface area contributed by atoms with Crippen LogP contribution >= 0.6 is 11.3 Å². The van der Waals surface area contributed by atoms with Crippen LogP contribution in [0.15, 0.2) is 5.38 Å². The third kappa shape index (κ3) is 5.40. The summed E-state index contributed by atoms with van der Waals surface area (Å²) in [5.41, 5.74) is 1.01. The molecule has 1 unspecified atom stereocenters. The molecular formula is C16H27N3O2S. The minimum Gasteiger partial charge on any atom is -0.328 e. The van der Waals surface area contributed by atoms with Crippen molar-refractivity contribution in [2.24, 2.45) is 5.92 Å². The fraction of sp³-hybridized carbons (Fsp3) is 0.688. The average Bonchev–Trinajstić information content (AvgIpc) is 2.90. The van der Waals surface area contributed by atoms with Crippen LogP contribution in [0.1, 0.15) is 51.2 Å². The Morgan fingerprint density at radius 2 is 1.95 bits per heavy atom. The zero-order chi connectivity index (χ0) is 16.9. The SMILES string of the molecule is CC(=O)C(NC(=O)N(C)CCc1csc(C(C)C)n1)C(C)C. The summed E-state index contributed by atoms with van der Waals surface area (Å²) in [6.07, 6.45) is 0.722. The molecule has 1 N–H and O–H groups in total. The molecule has 0 spiro atoms. The second-order valence-corrected chi connectivity index (χ2v) is 7.17. The van der Waals surface area contributed by atoms with Crippen LogP contribution in [0.25, 0.3) is 0 Å². The van der Waals surface area contributed by atoms with Gasteiger partial charge in [-0.2, -0.15) is 0 Å². The molecule has 1 rings (SSSR count). The molecule has 1 aromatic heterocycles. The van der Waals surface area contributed by atoms with Crippen LogP contribution in [0.4, 0.5) is 4.79 Å². The van der Waals surface area contributed by atoms with Crippen molar-refractivity contribution in [3.63, 3.8) is 0 Å². The van der Waals surface area contributed by atoms with Gasteiger partial charge in [-0.15, -0.1) is 11.3 Å².